The van der Waals surface area contributed by atoms with Crippen LogP contribution in [0.3, 0.4) is 0 Å². The van der Waals surface area contributed by atoms with E-state index >= 15 is 0 Å². The van der Waals surface area contributed by atoms with Gasteiger partial charge in [0.2, 0.25) is 0 Å². The summed E-state index contributed by atoms with van der Waals surface area (Å²) in [6.07, 6.45) is 0. The van der Waals surface area contributed by atoms with Crippen LogP contribution < -0.4 is 10.2 Å². The molecule has 17 heavy (non-hydrogen) atoms. The van der Waals surface area contributed by atoms with Crippen LogP contribution in [0, 0.1) is 5.82 Å². The molecule has 1 aromatic carbocycles. The third kappa shape index (κ3) is 3.68. The lowest BCUT2D eigenvalue weighted by atomic mass is 10.1. The van der Waals surface area contributed by atoms with Crippen molar-refractivity contribution in [2.45, 2.75) is 19.5 Å². The fraction of sp³-hybridized carbons (Fsp3) is 0.538. The van der Waals surface area contributed by atoms with Crippen LogP contribution in [0.4, 0.5) is 10.1 Å². The van der Waals surface area contributed by atoms with E-state index in [9.17, 15) is 4.39 Å². The molecule has 4 heteroatoms. The maximum Gasteiger partial charge on any atom is 0.123 e. The van der Waals surface area contributed by atoms with Crippen molar-refractivity contribution < 1.29 is 9.13 Å². The van der Waals surface area contributed by atoms with Crippen LogP contribution in [0.5, 0.6) is 0 Å². The zero-order valence-electron chi connectivity index (χ0n) is 11.0. The molecule has 1 atom stereocenters. The van der Waals surface area contributed by atoms with E-state index in [1.807, 2.05) is 20.2 Å². The highest BCUT2D eigenvalue weighted by molar-refractivity contribution is 5.54. The van der Waals surface area contributed by atoms with Gasteiger partial charge < -0.3 is 15.0 Å². The lowest BCUT2D eigenvalue weighted by molar-refractivity contribution is 0.183. The highest BCUT2D eigenvalue weighted by atomic mass is 19.1. The summed E-state index contributed by atoms with van der Waals surface area (Å²) in [4.78, 5) is 2.11. The number of anilines is 1. The Bertz CT molecular complexity index is 357. The summed E-state index contributed by atoms with van der Waals surface area (Å²) in [5.74, 6) is -0.202. The largest absolute Gasteiger partial charge is 0.383 e. The molecule has 1 aromatic rings. The molecular weight excluding hydrogens is 219 g/mol. The second-order valence-corrected chi connectivity index (χ2v) is 4.22. The molecular formula is C13H21FN2O. The number of halogens is 1. The van der Waals surface area contributed by atoms with Gasteiger partial charge in [0.25, 0.3) is 0 Å². The normalized spacial score (nSPS) is 12.5. The summed E-state index contributed by atoms with van der Waals surface area (Å²) in [7, 11) is 5.53. The molecule has 0 saturated heterocycles. The smallest absolute Gasteiger partial charge is 0.123 e. The van der Waals surface area contributed by atoms with Crippen LogP contribution in [0.2, 0.25) is 0 Å². The standard InChI is InChI=1S/C13H21FN2O/c1-10(9-17-4)16(3)13-6-5-12(14)7-11(13)8-15-2/h5-7,10,15H,8-9H2,1-4H3. The van der Waals surface area contributed by atoms with Crippen molar-refractivity contribution in [2.75, 3.05) is 32.7 Å². The van der Waals surface area contributed by atoms with Crippen molar-refractivity contribution >= 4 is 5.69 Å². The number of methoxy groups -OCH3 is 1. The highest BCUT2D eigenvalue weighted by Crippen LogP contribution is 2.22. The first-order valence-electron chi connectivity index (χ1n) is 5.75. The molecule has 0 aliphatic carbocycles. The van der Waals surface area contributed by atoms with Crippen LogP contribution in [0.25, 0.3) is 0 Å². The number of nitrogens with one attached hydrogen (secondary N) is 1. The Hall–Kier alpha value is -1.13. The molecule has 0 saturated carbocycles. The van der Waals surface area contributed by atoms with Crippen LogP contribution in [-0.4, -0.2) is 33.9 Å². The highest BCUT2D eigenvalue weighted by Gasteiger charge is 2.13. The first-order valence-corrected chi connectivity index (χ1v) is 5.75. The Balaban J connectivity index is 2.94. The summed E-state index contributed by atoms with van der Waals surface area (Å²) in [6.45, 7) is 3.38. The predicted molar refractivity (Wildman–Crippen MR) is 68.9 cm³/mol. The SMILES string of the molecule is CNCc1cc(F)ccc1N(C)C(C)COC. The molecule has 1 rings (SSSR count). The molecule has 1 unspecified atom stereocenters. The number of hydrogen-bond donors (Lipinski definition) is 1. The van der Waals surface area contributed by atoms with Crippen molar-refractivity contribution in [3.05, 3.63) is 29.6 Å². The van der Waals surface area contributed by atoms with E-state index < -0.39 is 0 Å². The Kier molecular flexibility index (Phi) is 5.38. The van der Waals surface area contributed by atoms with E-state index in [4.69, 9.17) is 4.74 Å². The summed E-state index contributed by atoms with van der Waals surface area (Å²) in [5, 5.41) is 3.05. The predicted octanol–water partition coefficient (Wildman–Crippen LogP) is 2.02. The van der Waals surface area contributed by atoms with Gasteiger partial charge in [0.15, 0.2) is 0 Å². The second-order valence-electron chi connectivity index (χ2n) is 4.22. The molecule has 0 bridgehead atoms. The first-order chi connectivity index (χ1) is 8.10. The van der Waals surface area contributed by atoms with Crippen LogP contribution in [0.15, 0.2) is 18.2 Å². The third-order valence-electron chi connectivity index (χ3n) is 2.86. The third-order valence-corrected chi connectivity index (χ3v) is 2.86. The molecule has 0 aromatic heterocycles. The number of nitrogens with zero attached hydrogens (tertiary/aromatic N) is 1. The fourth-order valence-corrected chi connectivity index (χ4v) is 1.82. The van der Waals surface area contributed by atoms with Gasteiger partial charge in [0, 0.05) is 32.4 Å². The molecule has 0 aliphatic rings. The molecule has 0 fully saturated rings. The molecule has 3 nitrogen and oxygen atoms in total. The van der Waals surface area contributed by atoms with Gasteiger partial charge in [-0.3, -0.25) is 0 Å². The van der Waals surface area contributed by atoms with Gasteiger partial charge in [0.05, 0.1) is 6.61 Å². The minimum absolute atomic E-state index is 0.202. The fourth-order valence-electron chi connectivity index (χ4n) is 1.82. The molecule has 1 N–H and O–H groups in total. The van der Waals surface area contributed by atoms with Crippen LogP contribution >= 0.6 is 0 Å². The lowest BCUT2D eigenvalue weighted by Gasteiger charge is -2.28. The van der Waals surface area contributed by atoms with E-state index in [-0.39, 0.29) is 11.9 Å². The van der Waals surface area contributed by atoms with Crippen molar-refractivity contribution in [1.82, 2.24) is 5.32 Å². The van der Waals surface area contributed by atoms with Crippen molar-refractivity contribution in [3.8, 4) is 0 Å². The second kappa shape index (κ2) is 6.57. The number of ether oxygens (including phenoxy) is 1. The van der Waals surface area contributed by atoms with Gasteiger partial charge in [-0.1, -0.05) is 0 Å². The van der Waals surface area contributed by atoms with E-state index in [0.717, 1.165) is 11.3 Å². The molecule has 0 spiro atoms. The van der Waals surface area contributed by atoms with Crippen LogP contribution in [-0.2, 0) is 11.3 Å². The average molecular weight is 240 g/mol. The quantitative estimate of drug-likeness (QED) is 0.823. The van der Waals surface area contributed by atoms with Gasteiger partial charge in [-0.15, -0.1) is 0 Å². The Morgan fingerprint density at radius 1 is 1.47 bits per heavy atom. The summed E-state index contributed by atoms with van der Waals surface area (Å²) in [5.41, 5.74) is 1.99. The van der Waals surface area contributed by atoms with E-state index in [2.05, 4.69) is 17.1 Å². The first kappa shape index (κ1) is 13.9. The zero-order valence-corrected chi connectivity index (χ0v) is 11.0. The van der Waals surface area contributed by atoms with Gasteiger partial charge in [-0.2, -0.15) is 0 Å². The molecule has 0 radical (unpaired) electrons. The number of hydrogen-bond acceptors (Lipinski definition) is 3. The van der Waals surface area contributed by atoms with Gasteiger partial charge >= 0.3 is 0 Å². The molecule has 0 heterocycles. The zero-order chi connectivity index (χ0) is 12.8. The van der Waals surface area contributed by atoms with Gasteiger partial charge in [-0.25, -0.2) is 4.39 Å². The Morgan fingerprint density at radius 2 is 2.18 bits per heavy atom. The van der Waals surface area contributed by atoms with E-state index in [0.29, 0.717) is 13.2 Å². The monoisotopic (exact) mass is 240 g/mol. The molecule has 96 valence electrons. The van der Waals surface area contributed by atoms with E-state index in [1.54, 1.807) is 13.2 Å². The van der Waals surface area contributed by atoms with Crippen molar-refractivity contribution in [1.29, 1.82) is 0 Å². The summed E-state index contributed by atoms with van der Waals surface area (Å²) in [6, 6.07) is 5.13. The Labute approximate surface area is 103 Å². The number of rotatable bonds is 6. The maximum atomic E-state index is 13.2. The summed E-state index contributed by atoms with van der Waals surface area (Å²) < 4.78 is 18.4. The lowest BCUT2D eigenvalue weighted by Crippen LogP contribution is -2.33. The average Bonchev–Trinajstić information content (AvgIpc) is 2.29. The minimum atomic E-state index is -0.202. The van der Waals surface area contributed by atoms with Crippen LogP contribution in [0.1, 0.15) is 12.5 Å². The van der Waals surface area contributed by atoms with Crippen molar-refractivity contribution in [3.63, 3.8) is 0 Å². The Morgan fingerprint density at radius 3 is 2.76 bits per heavy atom. The number of benzene rings is 1. The van der Waals surface area contributed by atoms with Gasteiger partial charge in [0.1, 0.15) is 5.82 Å². The summed E-state index contributed by atoms with van der Waals surface area (Å²) >= 11 is 0. The molecule has 0 aliphatic heterocycles. The molecule has 0 amide bonds. The maximum absolute atomic E-state index is 13.2. The minimum Gasteiger partial charge on any atom is -0.383 e. The van der Waals surface area contributed by atoms with E-state index in [1.165, 1.54) is 6.07 Å². The topological polar surface area (TPSA) is 24.5 Å². The number of likely N-dealkylation sites (N-methyl/N-ethyl adjacent to an activating group) is 1. The van der Waals surface area contributed by atoms with Gasteiger partial charge in [-0.05, 0) is 37.7 Å². The van der Waals surface area contributed by atoms with Crippen molar-refractivity contribution in [2.24, 2.45) is 0 Å².